The van der Waals surface area contributed by atoms with Crippen molar-refractivity contribution in [1.29, 1.82) is 0 Å². The zero-order valence-corrected chi connectivity index (χ0v) is 19.2. The molecule has 0 aromatic heterocycles. The van der Waals surface area contributed by atoms with Gasteiger partial charge < -0.3 is 14.8 Å². The van der Waals surface area contributed by atoms with Gasteiger partial charge in [-0.3, -0.25) is 9.10 Å². The van der Waals surface area contributed by atoms with Crippen molar-refractivity contribution in [2.75, 3.05) is 24.2 Å². The number of sulfonamides is 1. The van der Waals surface area contributed by atoms with Gasteiger partial charge in [0.2, 0.25) is 15.9 Å². The smallest absolute Gasteiger partial charge is 0.241 e. The highest BCUT2D eigenvalue weighted by Crippen LogP contribution is 2.41. The highest BCUT2D eigenvalue weighted by Gasteiger charge is 2.35. The maximum absolute atomic E-state index is 13.5. The van der Waals surface area contributed by atoms with Crippen LogP contribution in [0.15, 0.2) is 36.4 Å². The summed E-state index contributed by atoms with van der Waals surface area (Å²) in [5.41, 5.74) is 0.293. The number of nitrogens with zero attached hydrogens (tertiary/aromatic N) is 1. The van der Waals surface area contributed by atoms with Crippen molar-refractivity contribution in [3.63, 3.8) is 0 Å². The van der Waals surface area contributed by atoms with Gasteiger partial charge in [-0.05, 0) is 50.2 Å². The van der Waals surface area contributed by atoms with Crippen LogP contribution in [-0.4, -0.2) is 39.8 Å². The van der Waals surface area contributed by atoms with Crippen LogP contribution >= 0.6 is 11.6 Å². The Labute approximate surface area is 186 Å². The Morgan fingerprint density at radius 1 is 1.32 bits per heavy atom. The summed E-state index contributed by atoms with van der Waals surface area (Å²) in [6.45, 7) is 3.32. The summed E-state index contributed by atoms with van der Waals surface area (Å²) in [5.74, 6) is 0.0216. The lowest BCUT2D eigenvalue weighted by atomic mass is 9.89. The number of nitrogens with one attached hydrogen (secondary N) is 1. The highest BCUT2D eigenvalue weighted by atomic mass is 35.5. The molecule has 0 saturated carbocycles. The molecule has 1 amide bonds. The van der Waals surface area contributed by atoms with Crippen LogP contribution in [0.25, 0.3) is 0 Å². The van der Waals surface area contributed by atoms with Gasteiger partial charge in [0.15, 0.2) is 0 Å². The number of anilines is 1. The van der Waals surface area contributed by atoms with Gasteiger partial charge in [-0.2, -0.15) is 0 Å². The first kappa shape index (κ1) is 23.1. The molecule has 0 bridgehead atoms. The zero-order valence-electron chi connectivity index (χ0n) is 17.6. The van der Waals surface area contributed by atoms with Crippen LogP contribution in [-0.2, 0) is 14.8 Å². The fraction of sp³-hybridized carbons (Fsp3) is 0.381. The number of halogens is 2. The van der Waals surface area contributed by atoms with E-state index >= 15 is 0 Å². The van der Waals surface area contributed by atoms with E-state index in [2.05, 4.69) is 5.32 Å². The van der Waals surface area contributed by atoms with Gasteiger partial charge in [0.1, 0.15) is 29.5 Å². The molecule has 0 aliphatic carbocycles. The lowest BCUT2D eigenvalue weighted by Crippen LogP contribution is -2.45. The van der Waals surface area contributed by atoms with Crippen LogP contribution in [0.5, 0.6) is 11.5 Å². The fourth-order valence-electron chi connectivity index (χ4n) is 3.50. The largest absolute Gasteiger partial charge is 0.497 e. The van der Waals surface area contributed by atoms with Crippen LogP contribution in [0, 0.1) is 5.82 Å². The summed E-state index contributed by atoms with van der Waals surface area (Å²) in [6, 6.07) is 8.39. The number of carbonyl (C=O) groups excluding carboxylic acids is 1. The summed E-state index contributed by atoms with van der Waals surface area (Å²) in [6.07, 6.45) is 1.44. The number of hydrogen-bond donors (Lipinski definition) is 1. The molecule has 0 radical (unpaired) electrons. The van der Waals surface area contributed by atoms with E-state index in [9.17, 15) is 17.6 Å². The van der Waals surface area contributed by atoms with Crippen molar-refractivity contribution in [2.45, 2.75) is 31.9 Å². The van der Waals surface area contributed by atoms with Gasteiger partial charge in [0.05, 0.1) is 30.1 Å². The zero-order chi connectivity index (χ0) is 23.0. The van der Waals surface area contributed by atoms with Crippen LogP contribution in [0.4, 0.5) is 10.1 Å². The molecular weight excluding hydrogens is 447 g/mol. The number of carbonyl (C=O) groups is 1. The molecule has 1 unspecified atom stereocenters. The molecule has 1 heterocycles. The molecule has 31 heavy (non-hydrogen) atoms. The van der Waals surface area contributed by atoms with E-state index in [0.717, 1.165) is 22.2 Å². The first-order chi connectivity index (χ1) is 14.4. The van der Waals surface area contributed by atoms with E-state index in [-0.39, 0.29) is 10.7 Å². The third-order valence-corrected chi connectivity index (χ3v) is 6.32. The molecule has 2 aromatic carbocycles. The molecule has 7 nitrogen and oxygen atoms in total. The molecule has 1 N–H and O–H groups in total. The van der Waals surface area contributed by atoms with Gasteiger partial charge in [-0.15, -0.1) is 0 Å². The number of ether oxygens (including phenoxy) is 2. The van der Waals surface area contributed by atoms with Crippen LogP contribution in [0.1, 0.15) is 31.9 Å². The van der Waals surface area contributed by atoms with Crippen molar-refractivity contribution >= 4 is 33.2 Å². The minimum atomic E-state index is -3.83. The second-order valence-corrected chi connectivity index (χ2v) is 10.3. The molecule has 0 saturated heterocycles. The van der Waals surface area contributed by atoms with Crippen LogP contribution in [0.3, 0.4) is 0 Å². The average Bonchev–Trinajstić information content (AvgIpc) is 2.66. The summed E-state index contributed by atoms with van der Waals surface area (Å²) in [4.78, 5) is 12.9. The van der Waals surface area contributed by atoms with E-state index < -0.39 is 39.9 Å². The SMILES string of the molecule is COc1ccc2c(c1)C(NC(=O)CN(c1ccc(F)c(Cl)c1)S(C)(=O)=O)CC(C)(C)O2. The van der Waals surface area contributed by atoms with Crippen LogP contribution < -0.4 is 19.1 Å². The third-order valence-electron chi connectivity index (χ3n) is 4.89. The fourth-order valence-corrected chi connectivity index (χ4v) is 4.52. The standard InChI is InChI=1S/C21H24ClFN2O5S/c1-21(2)11-18(15-10-14(29-3)6-8-19(15)30-21)24-20(26)12-25(31(4,27)28)13-5-7-17(23)16(22)9-13/h5-10,18H,11-12H2,1-4H3,(H,24,26). The monoisotopic (exact) mass is 470 g/mol. The maximum atomic E-state index is 13.5. The van der Waals surface area contributed by atoms with E-state index in [1.165, 1.54) is 12.1 Å². The lowest BCUT2D eigenvalue weighted by Gasteiger charge is -2.38. The summed E-state index contributed by atoms with van der Waals surface area (Å²) < 4.78 is 50.3. The topological polar surface area (TPSA) is 84.9 Å². The average molecular weight is 471 g/mol. The number of amides is 1. The van der Waals surface area contributed by atoms with Gasteiger partial charge in [0.25, 0.3) is 0 Å². The van der Waals surface area contributed by atoms with Crippen LogP contribution in [0.2, 0.25) is 5.02 Å². The molecular formula is C21H24ClFN2O5S. The lowest BCUT2D eigenvalue weighted by molar-refractivity contribution is -0.120. The number of hydrogen-bond acceptors (Lipinski definition) is 5. The molecule has 2 aromatic rings. The summed E-state index contributed by atoms with van der Waals surface area (Å²) in [7, 11) is -2.29. The molecule has 10 heteroatoms. The predicted octanol–water partition coefficient (Wildman–Crippen LogP) is 3.67. The third kappa shape index (κ3) is 5.40. The number of methoxy groups -OCH3 is 1. The molecule has 1 atom stereocenters. The second-order valence-electron chi connectivity index (χ2n) is 7.96. The Hall–Kier alpha value is -2.52. The van der Waals surface area contributed by atoms with Crippen molar-refractivity contribution in [1.82, 2.24) is 5.32 Å². The van der Waals surface area contributed by atoms with Crippen molar-refractivity contribution < 1.29 is 27.1 Å². The highest BCUT2D eigenvalue weighted by molar-refractivity contribution is 7.92. The van der Waals surface area contributed by atoms with Gasteiger partial charge >= 0.3 is 0 Å². The number of rotatable bonds is 6. The molecule has 0 spiro atoms. The number of benzene rings is 2. The van der Waals surface area contributed by atoms with E-state index in [1.54, 1.807) is 25.3 Å². The van der Waals surface area contributed by atoms with Crippen molar-refractivity contribution in [3.8, 4) is 11.5 Å². The van der Waals surface area contributed by atoms with E-state index in [0.29, 0.717) is 17.9 Å². The predicted molar refractivity (Wildman–Crippen MR) is 117 cm³/mol. The van der Waals surface area contributed by atoms with Gasteiger partial charge in [-0.25, -0.2) is 12.8 Å². The Morgan fingerprint density at radius 3 is 2.65 bits per heavy atom. The minimum absolute atomic E-state index is 0.0958. The first-order valence-electron chi connectivity index (χ1n) is 9.49. The molecule has 168 valence electrons. The van der Waals surface area contributed by atoms with Gasteiger partial charge in [0, 0.05) is 12.0 Å². The Balaban J connectivity index is 1.86. The Bertz CT molecular complexity index is 1110. The Kier molecular flexibility index (Phi) is 6.38. The quantitative estimate of drug-likeness (QED) is 0.696. The first-order valence-corrected chi connectivity index (χ1v) is 11.7. The Morgan fingerprint density at radius 2 is 2.03 bits per heavy atom. The molecule has 3 rings (SSSR count). The van der Waals surface area contributed by atoms with E-state index in [4.69, 9.17) is 21.1 Å². The minimum Gasteiger partial charge on any atom is -0.497 e. The van der Waals surface area contributed by atoms with Gasteiger partial charge in [-0.1, -0.05) is 11.6 Å². The normalized spacial score (nSPS) is 17.3. The summed E-state index contributed by atoms with van der Waals surface area (Å²) in [5, 5.41) is 2.66. The second kappa shape index (κ2) is 8.55. The van der Waals surface area contributed by atoms with Crippen molar-refractivity contribution in [2.24, 2.45) is 0 Å². The molecule has 0 fully saturated rings. The number of fused-ring (bicyclic) bond motifs is 1. The molecule has 1 aliphatic heterocycles. The van der Waals surface area contributed by atoms with Crippen molar-refractivity contribution in [3.05, 3.63) is 52.8 Å². The summed E-state index contributed by atoms with van der Waals surface area (Å²) >= 11 is 5.79. The molecule has 1 aliphatic rings. The maximum Gasteiger partial charge on any atom is 0.241 e. The van der Waals surface area contributed by atoms with E-state index in [1.807, 2.05) is 13.8 Å².